The van der Waals surface area contributed by atoms with Crippen molar-refractivity contribution in [3.63, 3.8) is 0 Å². The molecule has 15 heavy (non-hydrogen) atoms. The highest BCUT2D eigenvalue weighted by atomic mass is 32.2. The molecule has 0 saturated carbocycles. The minimum Gasteiger partial charge on any atom is -0.271 e. The average Bonchev–Trinajstić information content (AvgIpc) is 2.65. The quantitative estimate of drug-likeness (QED) is 0.559. The van der Waals surface area contributed by atoms with Crippen LogP contribution in [-0.4, -0.2) is 26.0 Å². The summed E-state index contributed by atoms with van der Waals surface area (Å²) in [6.07, 6.45) is 2.92. The Balaban J connectivity index is 2.53. The van der Waals surface area contributed by atoms with E-state index >= 15 is 0 Å². The third kappa shape index (κ3) is 3.48. The zero-order valence-electron chi connectivity index (χ0n) is 9.47. The van der Waals surface area contributed by atoms with Crippen LogP contribution in [0.1, 0.15) is 32.0 Å². The second-order valence-corrected chi connectivity index (χ2v) is 5.03. The van der Waals surface area contributed by atoms with Crippen LogP contribution in [0.3, 0.4) is 0 Å². The molecule has 5 nitrogen and oxygen atoms in total. The maximum absolute atomic E-state index is 5.53. The molecule has 86 valence electrons. The zero-order chi connectivity index (χ0) is 11.3. The van der Waals surface area contributed by atoms with Crippen molar-refractivity contribution in [2.45, 2.75) is 31.6 Å². The van der Waals surface area contributed by atoms with Gasteiger partial charge in [-0.15, -0.1) is 5.10 Å². The largest absolute Gasteiger partial charge is 0.271 e. The Kier molecular flexibility index (Phi) is 5.07. The fourth-order valence-electron chi connectivity index (χ4n) is 1.21. The van der Waals surface area contributed by atoms with Gasteiger partial charge in [-0.05, 0) is 6.42 Å². The molecule has 6 heteroatoms. The van der Waals surface area contributed by atoms with E-state index < -0.39 is 0 Å². The van der Waals surface area contributed by atoms with Gasteiger partial charge < -0.3 is 0 Å². The first kappa shape index (κ1) is 12.5. The van der Waals surface area contributed by atoms with Gasteiger partial charge in [-0.3, -0.25) is 16.0 Å². The fraction of sp³-hybridized carbons (Fsp3) is 0.778. The summed E-state index contributed by atoms with van der Waals surface area (Å²) >= 11 is 1.90. The molecule has 1 rings (SSSR count). The van der Waals surface area contributed by atoms with E-state index in [2.05, 4.69) is 29.6 Å². The van der Waals surface area contributed by atoms with E-state index in [0.717, 1.165) is 11.4 Å². The lowest BCUT2D eigenvalue weighted by atomic mass is 10.3. The van der Waals surface area contributed by atoms with E-state index in [0.29, 0.717) is 5.25 Å². The summed E-state index contributed by atoms with van der Waals surface area (Å²) in [5.74, 6) is 6.47. The molecule has 3 N–H and O–H groups in total. The third-order valence-corrected chi connectivity index (χ3v) is 3.86. The summed E-state index contributed by atoms with van der Waals surface area (Å²) in [5.41, 5.74) is 3.82. The Bertz CT molecular complexity index is 288. The molecular weight excluding hydrogens is 210 g/mol. The maximum atomic E-state index is 5.53. The van der Waals surface area contributed by atoms with Gasteiger partial charge in [0.1, 0.15) is 0 Å². The summed E-state index contributed by atoms with van der Waals surface area (Å²) in [6, 6.07) is 0.115. The van der Waals surface area contributed by atoms with Crippen LogP contribution in [0.15, 0.2) is 6.20 Å². The van der Waals surface area contributed by atoms with Crippen molar-refractivity contribution >= 4 is 11.8 Å². The molecule has 0 aliphatic heterocycles. The Morgan fingerprint density at radius 2 is 2.40 bits per heavy atom. The smallest absolute Gasteiger partial charge is 0.0775 e. The second kappa shape index (κ2) is 6.09. The lowest BCUT2D eigenvalue weighted by Crippen LogP contribution is -2.31. The van der Waals surface area contributed by atoms with E-state index in [1.165, 1.54) is 6.42 Å². The van der Waals surface area contributed by atoms with Crippen molar-refractivity contribution in [2.75, 3.05) is 5.75 Å². The molecule has 0 amide bonds. The van der Waals surface area contributed by atoms with Crippen LogP contribution in [0.4, 0.5) is 0 Å². The van der Waals surface area contributed by atoms with Gasteiger partial charge in [0.2, 0.25) is 0 Å². The minimum absolute atomic E-state index is 0.115. The van der Waals surface area contributed by atoms with Crippen molar-refractivity contribution in [3.05, 3.63) is 11.9 Å². The zero-order valence-corrected chi connectivity index (χ0v) is 10.3. The first-order valence-electron chi connectivity index (χ1n) is 5.11. The van der Waals surface area contributed by atoms with Crippen molar-refractivity contribution in [1.29, 1.82) is 0 Å². The van der Waals surface area contributed by atoms with E-state index in [-0.39, 0.29) is 6.04 Å². The van der Waals surface area contributed by atoms with Crippen molar-refractivity contribution < 1.29 is 0 Å². The molecule has 0 radical (unpaired) electrons. The number of rotatable bonds is 6. The van der Waals surface area contributed by atoms with Gasteiger partial charge in [0.05, 0.1) is 17.9 Å². The van der Waals surface area contributed by atoms with Crippen LogP contribution >= 0.6 is 11.8 Å². The number of hydrazine groups is 1. The monoisotopic (exact) mass is 229 g/mol. The van der Waals surface area contributed by atoms with Gasteiger partial charge in [-0.2, -0.15) is 11.8 Å². The standard InChI is InChI=1S/C9H19N5S/c1-4-7(2)15-6-8(12-10)9-5-11-13-14(9)3/h5,7-8,12H,4,6,10H2,1-3H3. The van der Waals surface area contributed by atoms with Gasteiger partial charge in [0.25, 0.3) is 0 Å². The lowest BCUT2D eigenvalue weighted by molar-refractivity contribution is 0.550. The first-order chi connectivity index (χ1) is 7.19. The van der Waals surface area contributed by atoms with Crippen LogP contribution in [0.5, 0.6) is 0 Å². The minimum atomic E-state index is 0.115. The molecule has 2 atom stereocenters. The first-order valence-corrected chi connectivity index (χ1v) is 6.16. The molecular formula is C9H19N5S. The normalized spacial score (nSPS) is 15.2. The predicted molar refractivity (Wildman–Crippen MR) is 63.3 cm³/mol. The van der Waals surface area contributed by atoms with Gasteiger partial charge in [0, 0.05) is 18.1 Å². The molecule has 1 aromatic heterocycles. The number of nitrogens with one attached hydrogen (secondary N) is 1. The second-order valence-electron chi connectivity index (χ2n) is 3.55. The van der Waals surface area contributed by atoms with Gasteiger partial charge in [-0.1, -0.05) is 19.1 Å². The Hall–Kier alpha value is -0.590. The number of nitrogens with two attached hydrogens (primary N) is 1. The maximum Gasteiger partial charge on any atom is 0.0775 e. The molecule has 2 unspecified atom stereocenters. The summed E-state index contributed by atoms with van der Waals surface area (Å²) < 4.78 is 1.75. The number of aryl methyl sites for hydroxylation is 1. The van der Waals surface area contributed by atoms with Crippen LogP contribution < -0.4 is 11.3 Å². The summed E-state index contributed by atoms with van der Waals surface area (Å²) in [7, 11) is 1.88. The summed E-state index contributed by atoms with van der Waals surface area (Å²) in [5, 5.41) is 8.40. The SMILES string of the molecule is CCC(C)SCC(NN)c1cnnn1C. The number of hydrogen-bond acceptors (Lipinski definition) is 5. The summed E-state index contributed by atoms with van der Waals surface area (Å²) in [4.78, 5) is 0. The van der Waals surface area contributed by atoms with Crippen molar-refractivity contribution in [1.82, 2.24) is 20.4 Å². The Morgan fingerprint density at radius 3 is 2.87 bits per heavy atom. The molecule has 0 aliphatic rings. The molecule has 0 spiro atoms. The van der Waals surface area contributed by atoms with E-state index in [1.807, 2.05) is 18.8 Å². The number of hydrogen-bond donors (Lipinski definition) is 2. The lowest BCUT2D eigenvalue weighted by Gasteiger charge is -2.17. The summed E-state index contributed by atoms with van der Waals surface area (Å²) in [6.45, 7) is 4.41. The van der Waals surface area contributed by atoms with Crippen LogP contribution in [0, 0.1) is 0 Å². The molecule has 1 aromatic rings. The van der Waals surface area contributed by atoms with Crippen molar-refractivity contribution in [3.8, 4) is 0 Å². The highest BCUT2D eigenvalue weighted by Gasteiger charge is 2.15. The molecule has 0 aromatic carbocycles. The average molecular weight is 229 g/mol. The van der Waals surface area contributed by atoms with Gasteiger partial charge in [-0.25, -0.2) is 0 Å². The molecule has 0 saturated heterocycles. The molecule has 1 heterocycles. The highest BCUT2D eigenvalue weighted by molar-refractivity contribution is 7.99. The Labute approximate surface area is 94.8 Å². The number of nitrogens with zero attached hydrogens (tertiary/aromatic N) is 3. The van der Waals surface area contributed by atoms with E-state index in [1.54, 1.807) is 10.9 Å². The number of aromatic nitrogens is 3. The molecule has 0 bridgehead atoms. The molecule has 0 aliphatic carbocycles. The molecule has 0 fully saturated rings. The predicted octanol–water partition coefficient (Wildman–Crippen LogP) is 0.851. The Morgan fingerprint density at radius 1 is 1.67 bits per heavy atom. The number of thioether (sulfide) groups is 1. The topological polar surface area (TPSA) is 68.8 Å². The van der Waals surface area contributed by atoms with Crippen LogP contribution in [0.25, 0.3) is 0 Å². The third-order valence-electron chi connectivity index (χ3n) is 2.43. The van der Waals surface area contributed by atoms with E-state index in [4.69, 9.17) is 5.84 Å². The van der Waals surface area contributed by atoms with Crippen LogP contribution in [-0.2, 0) is 7.05 Å². The van der Waals surface area contributed by atoms with Gasteiger partial charge in [0.15, 0.2) is 0 Å². The highest BCUT2D eigenvalue weighted by Crippen LogP contribution is 2.21. The fourth-order valence-corrected chi connectivity index (χ4v) is 2.23. The van der Waals surface area contributed by atoms with Crippen molar-refractivity contribution in [2.24, 2.45) is 12.9 Å². The van der Waals surface area contributed by atoms with E-state index in [9.17, 15) is 0 Å². The van der Waals surface area contributed by atoms with Gasteiger partial charge >= 0.3 is 0 Å². The van der Waals surface area contributed by atoms with Crippen LogP contribution in [0.2, 0.25) is 0 Å².